The molecule has 2 aromatic carbocycles. The first-order valence-electron chi connectivity index (χ1n) is 13.5. The molecule has 5 rings (SSSR count). The van der Waals surface area contributed by atoms with E-state index in [4.69, 9.17) is 21.6 Å². The summed E-state index contributed by atoms with van der Waals surface area (Å²) in [7, 11) is 0. The van der Waals surface area contributed by atoms with E-state index in [0.717, 1.165) is 30.9 Å². The monoisotopic (exact) mass is 546 g/mol. The summed E-state index contributed by atoms with van der Waals surface area (Å²) in [6.45, 7) is 10.5. The Bertz CT molecular complexity index is 1370. The number of piperidine rings is 1. The van der Waals surface area contributed by atoms with Gasteiger partial charge in [0.2, 0.25) is 0 Å². The van der Waals surface area contributed by atoms with Crippen molar-refractivity contribution in [1.82, 2.24) is 25.6 Å². The fourth-order valence-corrected chi connectivity index (χ4v) is 6.69. The number of carbonyl (C=O) groups is 1. The minimum absolute atomic E-state index is 0.108. The van der Waals surface area contributed by atoms with Crippen LogP contribution in [0.2, 0.25) is 5.02 Å². The zero-order valence-electron chi connectivity index (χ0n) is 22.9. The SMILES string of the molecule is CC1(C)C(NC(=O)c2ccc(-n3cc(CC4CCNCC4)nn3)cc2)C(C)(C)C1Oc1ccc(C#N)c(Cl)c1. The van der Waals surface area contributed by atoms with Crippen LogP contribution in [0.5, 0.6) is 5.75 Å². The number of nitriles is 1. The van der Waals surface area contributed by atoms with E-state index in [-0.39, 0.29) is 28.9 Å². The van der Waals surface area contributed by atoms with Crippen molar-refractivity contribution in [2.45, 2.75) is 59.1 Å². The van der Waals surface area contributed by atoms with Gasteiger partial charge in [0, 0.05) is 28.5 Å². The van der Waals surface area contributed by atoms with Gasteiger partial charge in [0.15, 0.2) is 0 Å². The van der Waals surface area contributed by atoms with Crippen molar-refractivity contribution in [2.75, 3.05) is 13.1 Å². The fraction of sp³-hybridized carbons (Fsp3) is 0.467. The van der Waals surface area contributed by atoms with E-state index in [9.17, 15) is 4.79 Å². The number of benzene rings is 2. The smallest absolute Gasteiger partial charge is 0.251 e. The molecule has 0 radical (unpaired) electrons. The van der Waals surface area contributed by atoms with Gasteiger partial charge < -0.3 is 15.4 Å². The van der Waals surface area contributed by atoms with Crippen LogP contribution >= 0.6 is 11.6 Å². The van der Waals surface area contributed by atoms with Crippen molar-refractivity contribution in [1.29, 1.82) is 5.26 Å². The third-order valence-electron chi connectivity index (χ3n) is 8.32. The molecule has 9 heteroatoms. The van der Waals surface area contributed by atoms with Crippen LogP contribution in [0, 0.1) is 28.1 Å². The second kappa shape index (κ2) is 10.6. The molecule has 1 saturated carbocycles. The minimum Gasteiger partial charge on any atom is -0.489 e. The second-order valence-corrected chi connectivity index (χ2v) is 12.3. The van der Waals surface area contributed by atoms with Crippen LogP contribution in [-0.2, 0) is 6.42 Å². The normalized spacial score (nSPS) is 21.9. The first kappa shape index (κ1) is 27.2. The van der Waals surface area contributed by atoms with E-state index in [1.54, 1.807) is 22.9 Å². The Labute approximate surface area is 234 Å². The van der Waals surface area contributed by atoms with Crippen LogP contribution in [0.1, 0.15) is 62.2 Å². The molecule has 1 amide bonds. The number of hydrogen-bond acceptors (Lipinski definition) is 6. The van der Waals surface area contributed by atoms with Gasteiger partial charge in [0.1, 0.15) is 17.9 Å². The number of nitrogens with zero attached hydrogens (tertiary/aromatic N) is 4. The summed E-state index contributed by atoms with van der Waals surface area (Å²) in [6.07, 6.45) is 5.10. The van der Waals surface area contributed by atoms with E-state index < -0.39 is 0 Å². The molecule has 1 aliphatic carbocycles. The van der Waals surface area contributed by atoms with Gasteiger partial charge in [-0.2, -0.15) is 5.26 Å². The maximum atomic E-state index is 13.2. The molecule has 204 valence electrons. The van der Waals surface area contributed by atoms with E-state index in [0.29, 0.717) is 27.8 Å². The van der Waals surface area contributed by atoms with E-state index in [1.165, 1.54) is 12.8 Å². The maximum absolute atomic E-state index is 13.2. The summed E-state index contributed by atoms with van der Waals surface area (Å²) >= 11 is 6.20. The predicted molar refractivity (Wildman–Crippen MR) is 150 cm³/mol. The zero-order valence-corrected chi connectivity index (χ0v) is 23.6. The van der Waals surface area contributed by atoms with Gasteiger partial charge in [0.25, 0.3) is 5.91 Å². The maximum Gasteiger partial charge on any atom is 0.251 e. The molecule has 2 heterocycles. The van der Waals surface area contributed by atoms with E-state index in [1.807, 2.05) is 30.5 Å². The van der Waals surface area contributed by atoms with Crippen LogP contribution < -0.4 is 15.4 Å². The molecule has 1 aliphatic heterocycles. The van der Waals surface area contributed by atoms with Crippen LogP contribution in [0.25, 0.3) is 5.69 Å². The summed E-state index contributed by atoms with van der Waals surface area (Å²) in [5, 5.41) is 24.8. The quantitative estimate of drug-likeness (QED) is 0.434. The van der Waals surface area contributed by atoms with Crippen molar-refractivity contribution in [3.63, 3.8) is 0 Å². The Kier molecular flexibility index (Phi) is 7.41. The highest BCUT2D eigenvalue weighted by molar-refractivity contribution is 6.31. The van der Waals surface area contributed by atoms with Crippen molar-refractivity contribution in [3.8, 4) is 17.5 Å². The molecule has 0 atom stereocenters. The molecule has 0 spiro atoms. The van der Waals surface area contributed by atoms with Crippen LogP contribution in [0.4, 0.5) is 0 Å². The average Bonchev–Trinajstić information content (AvgIpc) is 3.39. The van der Waals surface area contributed by atoms with Gasteiger partial charge in [-0.05, 0) is 74.7 Å². The number of rotatable bonds is 7. The van der Waals surface area contributed by atoms with Crippen molar-refractivity contribution in [2.24, 2.45) is 16.7 Å². The van der Waals surface area contributed by atoms with Gasteiger partial charge >= 0.3 is 0 Å². The van der Waals surface area contributed by atoms with E-state index in [2.05, 4.69) is 54.7 Å². The average molecular weight is 547 g/mol. The highest BCUT2D eigenvalue weighted by atomic mass is 35.5. The number of hydrogen-bond donors (Lipinski definition) is 2. The molecular formula is C30H35ClN6O2. The number of nitrogens with one attached hydrogen (secondary N) is 2. The number of carbonyl (C=O) groups excluding carboxylic acids is 1. The molecule has 8 nitrogen and oxygen atoms in total. The Hall–Kier alpha value is -3.41. The van der Waals surface area contributed by atoms with E-state index >= 15 is 0 Å². The lowest BCUT2D eigenvalue weighted by Gasteiger charge is -2.63. The highest BCUT2D eigenvalue weighted by Gasteiger charge is 2.64. The lowest BCUT2D eigenvalue weighted by Crippen LogP contribution is -2.74. The number of ether oxygens (including phenoxy) is 1. The molecule has 1 saturated heterocycles. The van der Waals surface area contributed by atoms with Gasteiger partial charge in [-0.15, -0.1) is 5.10 Å². The number of aromatic nitrogens is 3. The molecule has 0 bridgehead atoms. The predicted octanol–water partition coefficient (Wildman–Crippen LogP) is 4.95. The first-order valence-corrected chi connectivity index (χ1v) is 13.9. The standard InChI is InChI=1S/C30H35ClN6O2/c1-29(2)27(30(3,4)28(29)39-24-10-7-21(17-32)25(31)16-24)34-26(38)20-5-8-23(9-6-20)37-18-22(35-36-37)15-19-11-13-33-14-12-19/h5-10,16,18-19,27-28,33H,11-15H2,1-4H3,(H,34,38). The largest absolute Gasteiger partial charge is 0.489 e. The number of amides is 1. The topological polar surface area (TPSA) is 105 Å². The third kappa shape index (κ3) is 5.39. The van der Waals surface area contributed by atoms with Crippen molar-refractivity contribution < 1.29 is 9.53 Å². The van der Waals surface area contributed by atoms with Crippen LogP contribution in [0.3, 0.4) is 0 Å². The lowest BCUT2D eigenvalue weighted by molar-refractivity contribution is -0.164. The van der Waals surface area contributed by atoms with Crippen LogP contribution in [0.15, 0.2) is 48.7 Å². The third-order valence-corrected chi connectivity index (χ3v) is 8.63. The summed E-state index contributed by atoms with van der Waals surface area (Å²) in [5.74, 6) is 1.13. The van der Waals surface area contributed by atoms with Gasteiger partial charge in [-0.1, -0.05) is 44.5 Å². The van der Waals surface area contributed by atoms with Crippen molar-refractivity contribution in [3.05, 3.63) is 70.5 Å². The van der Waals surface area contributed by atoms with Crippen LogP contribution in [-0.4, -0.2) is 46.1 Å². The summed E-state index contributed by atoms with van der Waals surface area (Å²) in [4.78, 5) is 13.2. The minimum atomic E-state index is -0.328. The second-order valence-electron chi connectivity index (χ2n) is 11.9. The molecular weight excluding hydrogens is 512 g/mol. The molecule has 2 N–H and O–H groups in total. The summed E-state index contributed by atoms with van der Waals surface area (Å²) in [5.41, 5.74) is 2.21. The van der Waals surface area contributed by atoms with Crippen molar-refractivity contribution >= 4 is 17.5 Å². The highest BCUT2D eigenvalue weighted by Crippen LogP contribution is 2.55. The number of halogens is 1. The fourth-order valence-electron chi connectivity index (χ4n) is 6.48. The molecule has 3 aromatic rings. The molecule has 0 unspecified atom stereocenters. The van der Waals surface area contributed by atoms with Gasteiger partial charge in [-0.25, -0.2) is 4.68 Å². The molecule has 1 aromatic heterocycles. The Morgan fingerprint density at radius 3 is 2.49 bits per heavy atom. The summed E-state index contributed by atoms with van der Waals surface area (Å²) in [6, 6.07) is 14.5. The molecule has 39 heavy (non-hydrogen) atoms. The Balaban J connectivity index is 1.22. The zero-order chi connectivity index (χ0) is 27.8. The Morgan fingerprint density at radius 1 is 1.15 bits per heavy atom. The first-order chi connectivity index (χ1) is 18.6. The molecule has 2 fully saturated rings. The Morgan fingerprint density at radius 2 is 1.85 bits per heavy atom. The lowest BCUT2D eigenvalue weighted by atomic mass is 9.49. The summed E-state index contributed by atoms with van der Waals surface area (Å²) < 4.78 is 8.10. The van der Waals surface area contributed by atoms with Gasteiger partial charge in [0.05, 0.1) is 28.2 Å². The van der Waals surface area contributed by atoms with Gasteiger partial charge in [-0.3, -0.25) is 4.79 Å². The molecule has 2 aliphatic rings.